The molecule has 0 saturated carbocycles. The lowest BCUT2D eigenvalue weighted by atomic mass is 9.99. The fourth-order valence-corrected chi connectivity index (χ4v) is 2.64. The molecule has 0 spiro atoms. The molecule has 136 valence electrons. The van der Waals surface area contributed by atoms with E-state index in [1.165, 1.54) is 6.07 Å². The second-order valence-electron chi connectivity index (χ2n) is 6.09. The molecule has 0 unspecified atom stereocenters. The number of aliphatic imine (C=N–C) groups is 1. The molecule has 1 aromatic heterocycles. The van der Waals surface area contributed by atoms with Gasteiger partial charge in [-0.2, -0.15) is 0 Å². The average molecular weight is 346 g/mol. The Hall–Kier alpha value is -2.37. The number of nitrogens with zero attached hydrogens (tertiary/aromatic N) is 2. The zero-order chi connectivity index (χ0) is 18.2. The standard InChI is InChI=1S/C19H27FN4O/c1-5-15(6-2)18-10-16(25-24-18)12-23-19(21-4)22-11-14-8-7-13(3)17(20)9-14/h7-10,15H,5-6,11-12H2,1-4H3,(H2,21,22,23). The first-order valence-corrected chi connectivity index (χ1v) is 8.72. The summed E-state index contributed by atoms with van der Waals surface area (Å²) in [5.74, 6) is 1.64. The van der Waals surface area contributed by atoms with Crippen LogP contribution in [0, 0.1) is 12.7 Å². The van der Waals surface area contributed by atoms with E-state index in [0.29, 0.717) is 30.5 Å². The molecule has 6 heteroatoms. The maximum atomic E-state index is 13.6. The van der Waals surface area contributed by atoms with E-state index in [1.807, 2.05) is 12.1 Å². The van der Waals surface area contributed by atoms with Crippen molar-refractivity contribution in [3.05, 3.63) is 52.7 Å². The Balaban J connectivity index is 1.87. The fraction of sp³-hybridized carbons (Fsp3) is 0.474. The van der Waals surface area contributed by atoms with Crippen LogP contribution in [0.3, 0.4) is 0 Å². The summed E-state index contributed by atoms with van der Waals surface area (Å²) in [6.45, 7) is 7.04. The van der Waals surface area contributed by atoms with Gasteiger partial charge in [0.1, 0.15) is 5.82 Å². The van der Waals surface area contributed by atoms with Crippen LogP contribution in [-0.4, -0.2) is 18.2 Å². The molecule has 2 N–H and O–H groups in total. The van der Waals surface area contributed by atoms with Crippen LogP contribution >= 0.6 is 0 Å². The first-order chi connectivity index (χ1) is 12.1. The van der Waals surface area contributed by atoms with Gasteiger partial charge in [-0.1, -0.05) is 31.1 Å². The van der Waals surface area contributed by atoms with Crippen LogP contribution in [0.2, 0.25) is 0 Å². The molecule has 0 atom stereocenters. The highest BCUT2D eigenvalue weighted by Gasteiger charge is 2.13. The Morgan fingerprint density at radius 1 is 1.20 bits per heavy atom. The normalized spacial score (nSPS) is 11.8. The molecule has 2 rings (SSSR count). The molecule has 0 aliphatic carbocycles. The third-order valence-corrected chi connectivity index (χ3v) is 4.33. The SMILES string of the molecule is CCC(CC)c1cc(CNC(=NC)NCc2ccc(C)c(F)c2)on1. The topological polar surface area (TPSA) is 62.5 Å². The van der Waals surface area contributed by atoms with Crippen LogP contribution in [0.1, 0.15) is 55.2 Å². The number of hydrogen-bond donors (Lipinski definition) is 2. The summed E-state index contributed by atoms with van der Waals surface area (Å²) in [6, 6.07) is 7.20. The van der Waals surface area contributed by atoms with Crippen molar-refractivity contribution in [1.29, 1.82) is 0 Å². The number of halogens is 1. The van der Waals surface area contributed by atoms with Crippen molar-refractivity contribution in [3.63, 3.8) is 0 Å². The van der Waals surface area contributed by atoms with Crippen LogP contribution in [-0.2, 0) is 13.1 Å². The van der Waals surface area contributed by atoms with Gasteiger partial charge >= 0.3 is 0 Å². The summed E-state index contributed by atoms with van der Waals surface area (Å²) in [4.78, 5) is 4.17. The largest absolute Gasteiger partial charge is 0.359 e. The van der Waals surface area contributed by atoms with Crippen molar-refractivity contribution in [2.75, 3.05) is 7.05 Å². The Morgan fingerprint density at radius 3 is 2.56 bits per heavy atom. The summed E-state index contributed by atoms with van der Waals surface area (Å²) in [6.07, 6.45) is 2.10. The molecule has 0 aliphatic heterocycles. The number of aromatic nitrogens is 1. The zero-order valence-corrected chi connectivity index (χ0v) is 15.4. The number of nitrogens with one attached hydrogen (secondary N) is 2. The molecular formula is C19H27FN4O. The summed E-state index contributed by atoms with van der Waals surface area (Å²) in [5.41, 5.74) is 2.51. The van der Waals surface area contributed by atoms with E-state index in [4.69, 9.17) is 4.52 Å². The van der Waals surface area contributed by atoms with Gasteiger partial charge in [0.2, 0.25) is 0 Å². The van der Waals surface area contributed by atoms with Gasteiger partial charge in [-0.3, -0.25) is 4.99 Å². The zero-order valence-electron chi connectivity index (χ0n) is 15.4. The molecule has 5 nitrogen and oxygen atoms in total. The predicted molar refractivity (Wildman–Crippen MR) is 98.0 cm³/mol. The fourth-order valence-electron chi connectivity index (χ4n) is 2.64. The first kappa shape index (κ1) is 19.0. The highest BCUT2D eigenvalue weighted by atomic mass is 19.1. The highest BCUT2D eigenvalue weighted by Crippen LogP contribution is 2.22. The molecule has 0 bridgehead atoms. The number of hydrogen-bond acceptors (Lipinski definition) is 3. The molecule has 25 heavy (non-hydrogen) atoms. The van der Waals surface area contributed by atoms with Crippen LogP contribution < -0.4 is 10.6 Å². The van der Waals surface area contributed by atoms with E-state index >= 15 is 0 Å². The van der Waals surface area contributed by atoms with Gasteiger partial charge in [0.15, 0.2) is 11.7 Å². The number of guanidine groups is 1. The molecule has 1 aromatic carbocycles. The van der Waals surface area contributed by atoms with Crippen molar-refractivity contribution in [3.8, 4) is 0 Å². The van der Waals surface area contributed by atoms with Crippen molar-refractivity contribution in [2.45, 2.75) is 52.6 Å². The second-order valence-corrected chi connectivity index (χ2v) is 6.09. The Kier molecular flexibility index (Phi) is 6.98. The molecule has 0 amide bonds. The molecule has 1 heterocycles. The molecule has 0 fully saturated rings. The minimum Gasteiger partial charge on any atom is -0.359 e. The molecule has 0 radical (unpaired) electrons. The van der Waals surface area contributed by atoms with Gasteiger partial charge in [-0.25, -0.2) is 4.39 Å². The first-order valence-electron chi connectivity index (χ1n) is 8.72. The maximum Gasteiger partial charge on any atom is 0.191 e. The number of benzene rings is 1. The predicted octanol–water partition coefficient (Wildman–Crippen LogP) is 3.89. The summed E-state index contributed by atoms with van der Waals surface area (Å²) < 4.78 is 19.0. The van der Waals surface area contributed by atoms with Crippen LogP contribution in [0.4, 0.5) is 4.39 Å². The monoisotopic (exact) mass is 346 g/mol. The van der Waals surface area contributed by atoms with E-state index in [9.17, 15) is 4.39 Å². The van der Waals surface area contributed by atoms with Gasteiger partial charge in [0, 0.05) is 25.6 Å². The smallest absolute Gasteiger partial charge is 0.191 e. The average Bonchev–Trinajstić information content (AvgIpc) is 3.08. The number of rotatable bonds is 7. The van der Waals surface area contributed by atoms with E-state index in [2.05, 4.69) is 34.6 Å². The molecular weight excluding hydrogens is 319 g/mol. The summed E-state index contributed by atoms with van der Waals surface area (Å²) in [5, 5.41) is 10.5. The molecule has 0 aliphatic rings. The maximum absolute atomic E-state index is 13.6. The lowest BCUT2D eigenvalue weighted by molar-refractivity contribution is 0.368. The van der Waals surface area contributed by atoms with Gasteiger partial charge < -0.3 is 15.2 Å². The molecule has 0 saturated heterocycles. The van der Waals surface area contributed by atoms with E-state index < -0.39 is 0 Å². The Morgan fingerprint density at radius 2 is 1.92 bits per heavy atom. The lowest BCUT2D eigenvalue weighted by Crippen LogP contribution is -2.36. The van der Waals surface area contributed by atoms with E-state index in [-0.39, 0.29) is 5.82 Å². The van der Waals surface area contributed by atoms with Gasteiger partial charge in [0.25, 0.3) is 0 Å². The van der Waals surface area contributed by atoms with Gasteiger partial charge in [-0.15, -0.1) is 0 Å². The van der Waals surface area contributed by atoms with Crippen LogP contribution in [0.5, 0.6) is 0 Å². The third-order valence-electron chi connectivity index (χ3n) is 4.33. The van der Waals surface area contributed by atoms with Crippen LogP contribution in [0.15, 0.2) is 33.8 Å². The van der Waals surface area contributed by atoms with Crippen molar-refractivity contribution in [2.24, 2.45) is 4.99 Å². The summed E-state index contributed by atoms with van der Waals surface area (Å²) in [7, 11) is 1.70. The number of aryl methyl sites for hydroxylation is 1. The Labute approximate surface area is 148 Å². The quantitative estimate of drug-likeness (QED) is 0.590. The third kappa shape index (κ3) is 5.31. The lowest BCUT2D eigenvalue weighted by Gasteiger charge is -2.11. The van der Waals surface area contributed by atoms with E-state index in [1.54, 1.807) is 20.0 Å². The van der Waals surface area contributed by atoms with Crippen molar-refractivity contribution >= 4 is 5.96 Å². The second kappa shape index (κ2) is 9.20. The van der Waals surface area contributed by atoms with E-state index in [0.717, 1.165) is 29.9 Å². The molecule has 2 aromatic rings. The Bertz CT molecular complexity index is 707. The summed E-state index contributed by atoms with van der Waals surface area (Å²) >= 11 is 0. The van der Waals surface area contributed by atoms with Gasteiger partial charge in [-0.05, 0) is 37.0 Å². The minimum absolute atomic E-state index is 0.196. The van der Waals surface area contributed by atoms with Crippen molar-refractivity contribution in [1.82, 2.24) is 15.8 Å². The minimum atomic E-state index is -0.196. The highest BCUT2D eigenvalue weighted by molar-refractivity contribution is 5.79. The van der Waals surface area contributed by atoms with Crippen LogP contribution in [0.25, 0.3) is 0 Å². The van der Waals surface area contributed by atoms with Crippen molar-refractivity contribution < 1.29 is 8.91 Å². The van der Waals surface area contributed by atoms with Gasteiger partial charge in [0.05, 0.1) is 12.2 Å².